The number of likely N-dealkylation sites (tertiary alicyclic amines) is 1. The first-order valence-corrected chi connectivity index (χ1v) is 6.90. The van der Waals surface area contributed by atoms with Gasteiger partial charge in [-0.05, 0) is 19.3 Å². The summed E-state index contributed by atoms with van der Waals surface area (Å²) >= 11 is 0. The highest BCUT2D eigenvalue weighted by molar-refractivity contribution is 6.15. The van der Waals surface area contributed by atoms with Crippen LogP contribution in [0.2, 0.25) is 0 Å². The van der Waals surface area contributed by atoms with E-state index in [1.807, 2.05) is 11.8 Å². The van der Waals surface area contributed by atoms with E-state index in [1.54, 1.807) is 0 Å². The van der Waals surface area contributed by atoms with Crippen LogP contribution in [0, 0.1) is 5.92 Å². The molecule has 0 bridgehead atoms. The second-order valence-corrected chi connectivity index (χ2v) is 5.01. The molecule has 1 unspecified atom stereocenters. The minimum atomic E-state index is -0.578. The Morgan fingerprint density at radius 3 is 2.44 bits per heavy atom. The van der Waals surface area contributed by atoms with Crippen LogP contribution < -0.4 is 5.32 Å². The van der Waals surface area contributed by atoms with Gasteiger partial charge in [0, 0.05) is 13.1 Å². The minimum absolute atomic E-state index is 0.184. The average Bonchev–Trinajstić information content (AvgIpc) is 2.62. The zero-order valence-corrected chi connectivity index (χ0v) is 10.9. The van der Waals surface area contributed by atoms with Gasteiger partial charge in [-0.1, -0.05) is 26.2 Å². The molecule has 100 valence electrons. The number of rotatable bonds is 2. The Hall–Kier alpha value is -1.39. The molecule has 18 heavy (non-hydrogen) atoms. The molecule has 0 spiro atoms. The molecule has 5 heteroatoms. The second-order valence-electron chi connectivity index (χ2n) is 5.01. The van der Waals surface area contributed by atoms with Crippen molar-refractivity contribution in [3.8, 4) is 0 Å². The largest absolute Gasteiger partial charge is 0.342 e. The van der Waals surface area contributed by atoms with Crippen molar-refractivity contribution in [3.63, 3.8) is 0 Å². The number of guanidine groups is 1. The van der Waals surface area contributed by atoms with Gasteiger partial charge in [0.1, 0.15) is 5.92 Å². The lowest BCUT2D eigenvalue weighted by Crippen LogP contribution is -2.51. The van der Waals surface area contributed by atoms with Crippen LogP contribution in [-0.4, -0.2) is 35.8 Å². The predicted octanol–water partition coefficient (Wildman–Crippen LogP) is 1.29. The third-order valence-electron chi connectivity index (χ3n) is 3.55. The number of carbonyl (C=O) groups is 2. The zero-order chi connectivity index (χ0) is 13.0. The molecule has 2 heterocycles. The molecule has 0 aromatic rings. The molecule has 2 aliphatic heterocycles. The number of nitrogens with one attached hydrogen (secondary N) is 1. The van der Waals surface area contributed by atoms with E-state index in [0.717, 1.165) is 32.4 Å². The first kappa shape index (κ1) is 13.1. The maximum absolute atomic E-state index is 11.9. The summed E-state index contributed by atoms with van der Waals surface area (Å²) in [6.45, 7) is 3.73. The Labute approximate surface area is 108 Å². The van der Waals surface area contributed by atoms with E-state index in [0.29, 0.717) is 12.4 Å². The Balaban J connectivity index is 2.07. The van der Waals surface area contributed by atoms with Crippen molar-refractivity contribution < 1.29 is 9.59 Å². The molecule has 2 amide bonds. The monoisotopic (exact) mass is 251 g/mol. The highest BCUT2D eigenvalue weighted by atomic mass is 16.2. The fourth-order valence-electron chi connectivity index (χ4n) is 2.50. The van der Waals surface area contributed by atoms with Gasteiger partial charge in [0.05, 0.1) is 0 Å². The molecule has 0 aromatic carbocycles. The molecule has 0 aliphatic carbocycles. The summed E-state index contributed by atoms with van der Waals surface area (Å²) in [5.41, 5.74) is 0. The zero-order valence-electron chi connectivity index (χ0n) is 10.9. The van der Waals surface area contributed by atoms with Gasteiger partial charge in [0.15, 0.2) is 0 Å². The second kappa shape index (κ2) is 5.98. The van der Waals surface area contributed by atoms with Crippen LogP contribution in [0.5, 0.6) is 0 Å². The van der Waals surface area contributed by atoms with E-state index in [-0.39, 0.29) is 11.8 Å². The van der Waals surface area contributed by atoms with Crippen molar-refractivity contribution in [1.29, 1.82) is 0 Å². The molecular formula is C13H21N3O2. The maximum atomic E-state index is 11.9. The van der Waals surface area contributed by atoms with E-state index < -0.39 is 5.92 Å². The maximum Gasteiger partial charge on any atom is 0.261 e. The van der Waals surface area contributed by atoms with E-state index in [4.69, 9.17) is 0 Å². The first-order valence-electron chi connectivity index (χ1n) is 6.90. The third-order valence-corrected chi connectivity index (χ3v) is 3.55. The van der Waals surface area contributed by atoms with Crippen molar-refractivity contribution >= 4 is 17.8 Å². The Bertz CT molecular complexity index is 357. The van der Waals surface area contributed by atoms with Gasteiger partial charge in [-0.2, -0.15) is 4.99 Å². The molecule has 2 rings (SSSR count). The molecule has 1 fully saturated rings. The Morgan fingerprint density at radius 2 is 1.89 bits per heavy atom. The van der Waals surface area contributed by atoms with Gasteiger partial charge in [-0.3, -0.25) is 14.9 Å². The SMILES string of the molecule is CCCC1C(=O)N=C(N2CCCCCC2)NC1=O. The van der Waals surface area contributed by atoms with E-state index in [2.05, 4.69) is 10.3 Å². The molecular weight excluding hydrogens is 230 g/mol. The summed E-state index contributed by atoms with van der Waals surface area (Å²) in [6, 6.07) is 0. The highest BCUT2D eigenvalue weighted by Gasteiger charge is 2.32. The van der Waals surface area contributed by atoms with Crippen molar-refractivity contribution in [2.45, 2.75) is 45.4 Å². The van der Waals surface area contributed by atoms with Crippen molar-refractivity contribution in [2.75, 3.05) is 13.1 Å². The van der Waals surface area contributed by atoms with Crippen molar-refractivity contribution in [1.82, 2.24) is 10.2 Å². The summed E-state index contributed by atoms with van der Waals surface area (Å²) in [5, 5.41) is 2.80. The Morgan fingerprint density at radius 1 is 1.22 bits per heavy atom. The highest BCUT2D eigenvalue weighted by Crippen LogP contribution is 2.15. The summed E-state index contributed by atoms with van der Waals surface area (Å²) in [6.07, 6.45) is 6.02. The van der Waals surface area contributed by atoms with Crippen molar-refractivity contribution in [2.24, 2.45) is 10.9 Å². The van der Waals surface area contributed by atoms with Crippen LogP contribution in [0.1, 0.15) is 45.4 Å². The summed E-state index contributed by atoms with van der Waals surface area (Å²) in [7, 11) is 0. The van der Waals surface area contributed by atoms with Crippen LogP contribution in [0.25, 0.3) is 0 Å². The third kappa shape index (κ3) is 2.89. The number of aliphatic imine (C=N–C) groups is 1. The number of hydrogen-bond donors (Lipinski definition) is 1. The lowest BCUT2D eigenvalue weighted by atomic mass is 10.0. The topological polar surface area (TPSA) is 61.8 Å². The van der Waals surface area contributed by atoms with Crippen LogP contribution >= 0.6 is 0 Å². The van der Waals surface area contributed by atoms with Gasteiger partial charge in [-0.25, -0.2) is 0 Å². The van der Waals surface area contributed by atoms with Gasteiger partial charge in [0.25, 0.3) is 5.91 Å². The fourth-order valence-corrected chi connectivity index (χ4v) is 2.50. The Kier molecular flexibility index (Phi) is 4.33. The molecule has 0 saturated carbocycles. The normalized spacial score (nSPS) is 25.5. The van der Waals surface area contributed by atoms with Crippen molar-refractivity contribution in [3.05, 3.63) is 0 Å². The summed E-state index contributed by atoms with van der Waals surface area (Å²) in [4.78, 5) is 29.9. The summed E-state index contributed by atoms with van der Waals surface area (Å²) in [5.74, 6) is -0.569. The average molecular weight is 251 g/mol. The van der Waals surface area contributed by atoms with Gasteiger partial charge < -0.3 is 4.90 Å². The molecule has 5 nitrogen and oxygen atoms in total. The van der Waals surface area contributed by atoms with E-state index in [1.165, 1.54) is 12.8 Å². The molecule has 1 atom stereocenters. The molecule has 0 aromatic heterocycles. The van der Waals surface area contributed by atoms with Crippen LogP contribution in [-0.2, 0) is 9.59 Å². The van der Waals surface area contributed by atoms with Crippen LogP contribution in [0.4, 0.5) is 0 Å². The molecule has 1 N–H and O–H groups in total. The number of carbonyl (C=O) groups excluding carboxylic acids is 2. The van der Waals surface area contributed by atoms with Gasteiger partial charge >= 0.3 is 0 Å². The number of amides is 2. The van der Waals surface area contributed by atoms with Crippen LogP contribution in [0.3, 0.4) is 0 Å². The molecule has 0 radical (unpaired) electrons. The first-order chi connectivity index (χ1) is 8.72. The number of hydrogen-bond acceptors (Lipinski definition) is 3. The molecule has 1 saturated heterocycles. The van der Waals surface area contributed by atoms with E-state index >= 15 is 0 Å². The van der Waals surface area contributed by atoms with Gasteiger partial charge in [-0.15, -0.1) is 0 Å². The standard InChI is InChI=1S/C13H21N3O2/c1-2-7-10-11(17)14-13(15-12(10)18)16-8-5-3-4-6-9-16/h10H,2-9H2,1H3,(H,14,15,17,18). The summed E-state index contributed by atoms with van der Waals surface area (Å²) < 4.78 is 0. The minimum Gasteiger partial charge on any atom is -0.342 e. The number of nitrogens with zero attached hydrogens (tertiary/aromatic N) is 2. The lowest BCUT2D eigenvalue weighted by molar-refractivity contribution is -0.134. The van der Waals surface area contributed by atoms with Crippen LogP contribution in [0.15, 0.2) is 4.99 Å². The predicted molar refractivity (Wildman–Crippen MR) is 69.0 cm³/mol. The van der Waals surface area contributed by atoms with Gasteiger partial charge in [0.2, 0.25) is 11.9 Å². The quantitative estimate of drug-likeness (QED) is 0.752. The lowest BCUT2D eigenvalue weighted by Gasteiger charge is -2.28. The molecule has 2 aliphatic rings. The fraction of sp³-hybridized carbons (Fsp3) is 0.769. The smallest absolute Gasteiger partial charge is 0.261 e. The van der Waals surface area contributed by atoms with E-state index in [9.17, 15) is 9.59 Å².